The van der Waals surface area contributed by atoms with E-state index in [1.165, 1.54) is 25.3 Å². The Morgan fingerprint density at radius 1 is 1.41 bits per heavy atom. The highest BCUT2D eigenvalue weighted by molar-refractivity contribution is 5.77. The van der Waals surface area contributed by atoms with E-state index in [0.717, 1.165) is 0 Å². The minimum atomic E-state index is -4.46. The third-order valence-corrected chi connectivity index (χ3v) is 2.59. The van der Waals surface area contributed by atoms with Crippen LogP contribution >= 0.6 is 0 Å². The lowest BCUT2D eigenvalue weighted by Crippen LogP contribution is -2.30. The zero-order chi connectivity index (χ0) is 12.6. The van der Waals surface area contributed by atoms with E-state index in [0.29, 0.717) is 5.75 Å². The third-order valence-electron chi connectivity index (χ3n) is 2.59. The van der Waals surface area contributed by atoms with Crippen LogP contribution < -0.4 is 9.47 Å². The Balaban J connectivity index is 2.47. The molecule has 0 amide bonds. The molecule has 0 saturated heterocycles. The maximum Gasteiger partial charge on any atom is 0.396 e. The van der Waals surface area contributed by atoms with Crippen molar-refractivity contribution in [3.8, 4) is 11.5 Å². The molecule has 6 heteroatoms. The largest absolute Gasteiger partial charge is 0.497 e. The number of carbonyl (C=O) groups is 1. The van der Waals surface area contributed by atoms with Crippen LogP contribution in [0.5, 0.6) is 11.5 Å². The topological polar surface area (TPSA) is 35.5 Å². The maximum absolute atomic E-state index is 12.7. The molecule has 17 heavy (non-hydrogen) atoms. The van der Waals surface area contributed by atoms with Gasteiger partial charge in [-0.1, -0.05) is 6.07 Å². The lowest BCUT2D eigenvalue weighted by Gasteiger charge is -2.26. The number of alkyl halides is 3. The van der Waals surface area contributed by atoms with Gasteiger partial charge in [-0.3, -0.25) is 4.79 Å². The van der Waals surface area contributed by atoms with Crippen molar-refractivity contribution in [3.05, 3.63) is 23.8 Å². The average molecular weight is 246 g/mol. The quantitative estimate of drug-likeness (QED) is 0.564. The number of esters is 1. The molecule has 0 N–H and O–H groups in total. The summed E-state index contributed by atoms with van der Waals surface area (Å²) in [4.78, 5) is 11.1. The fourth-order valence-electron chi connectivity index (χ4n) is 1.75. The second-order valence-electron chi connectivity index (χ2n) is 3.68. The molecule has 0 spiro atoms. The Labute approximate surface area is 95.1 Å². The standard InChI is InChI=1S/C11H9F3O3/c1-16-6-2-3-7-8(11(12,13)14)5-10(15)17-9(7)4-6/h2-4,8H,5H2,1H3/t8-/m1/s1. The molecule has 1 heterocycles. The molecule has 0 aromatic heterocycles. The molecule has 0 bridgehead atoms. The van der Waals surface area contributed by atoms with Gasteiger partial charge < -0.3 is 9.47 Å². The van der Waals surface area contributed by atoms with Crippen LogP contribution in [0.1, 0.15) is 17.9 Å². The number of benzene rings is 1. The summed E-state index contributed by atoms with van der Waals surface area (Å²) in [6.07, 6.45) is -5.13. The van der Waals surface area contributed by atoms with Crippen LogP contribution in [0.2, 0.25) is 0 Å². The summed E-state index contributed by atoms with van der Waals surface area (Å²) < 4.78 is 47.9. The van der Waals surface area contributed by atoms with Gasteiger partial charge in [0.25, 0.3) is 0 Å². The van der Waals surface area contributed by atoms with Gasteiger partial charge in [-0.2, -0.15) is 13.2 Å². The summed E-state index contributed by atoms with van der Waals surface area (Å²) in [5.74, 6) is -2.42. The second kappa shape index (κ2) is 3.94. The zero-order valence-corrected chi connectivity index (χ0v) is 8.88. The van der Waals surface area contributed by atoms with Crippen molar-refractivity contribution in [2.24, 2.45) is 0 Å². The second-order valence-corrected chi connectivity index (χ2v) is 3.68. The van der Waals surface area contributed by atoms with Crippen LogP contribution in [-0.2, 0) is 4.79 Å². The van der Waals surface area contributed by atoms with Gasteiger partial charge >= 0.3 is 12.1 Å². The Morgan fingerprint density at radius 2 is 2.12 bits per heavy atom. The monoisotopic (exact) mass is 246 g/mol. The first-order chi connectivity index (χ1) is 7.91. The van der Waals surface area contributed by atoms with Crippen LogP contribution in [0, 0.1) is 0 Å². The minimum absolute atomic E-state index is 0.0297. The molecule has 0 unspecified atom stereocenters. The van der Waals surface area contributed by atoms with E-state index in [1.54, 1.807) is 0 Å². The van der Waals surface area contributed by atoms with Crippen molar-refractivity contribution in [2.75, 3.05) is 7.11 Å². The number of ether oxygens (including phenoxy) is 2. The number of hydrogen-bond acceptors (Lipinski definition) is 3. The molecular formula is C11H9F3O3. The summed E-state index contributed by atoms with van der Waals surface area (Å²) in [6, 6.07) is 3.97. The van der Waals surface area contributed by atoms with Crippen LogP contribution in [0.4, 0.5) is 13.2 Å². The molecular weight excluding hydrogens is 237 g/mol. The van der Waals surface area contributed by atoms with E-state index in [2.05, 4.69) is 0 Å². The summed E-state index contributed by atoms with van der Waals surface area (Å²) in [5.41, 5.74) is -0.0297. The van der Waals surface area contributed by atoms with Gasteiger partial charge in [0, 0.05) is 11.6 Å². The summed E-state index contributed by atoms with van der Waals surface area (Å²) in [6.45, 7) is 0. The molecule has 92 valence electrons. The van der Waals surface area contributed by atoms with Gasteiger partial charge in [-0.05, 0) is 6.07 Å². The zero-order valence-electron chi connectivity index (χ0n) is 8.88. The SMILES string of the molecule is COc1ccc2c(c1)OC(=O)C[C@H]2C(F)(F)F. The van der Waals surface area contributed by atoms with Crippen molar-refractivity contribution in [1.29, 1.82) is 0 Å². The van der Waals surface area contributed by atoms with Gasteiger partial charge in [0.2, 0.25) is 0 Å². The fraction of sp³-hybridized carbons (Fsp3) is 0.364. The number of methoxy groups -OCH3 is 1. The van der Waals surface area contributed by atoms with Crippen molar-refractivity contribution in [1.82, 2.24) is 0 Å². The molecule has 1 aliphatic heterocycles. The molecule has 1 aromatic rings. The summed E-state index contributed by atoms with van der Waals surface area (Å²) >= 11 is 0. The Morgan fingerprint density at radius 3 is 2.71 bits per heavy atom. The van der Waals surface area contributed by atoms with Crippen LogP contribution in [-0.4, -0.2) is 19.3 Å². The van der Waals surface area contributed by atoms with Crippen LogP contribution in [0.3, 0.4) is 0 Å². The minimum Gasteiger partial charge on any atom is -0.497 e. The number of hydrogen-bond donors (Lipinski definition) is 0. The van der Waals surface area contributed by atoms with Crippen molar-refractivity contribution >= 4 is 5.97 Å². The normalized spacial score (nSPS) is 19.5. The number of rotatable bonds is 1. The first-order valence-corrected chi connectivity index (χ1v) is 4.87. The Hall–Kier alpha value is -1.72. The fourth-order valence-corrected chi connectivity index (χ4v) is 1.75. The first kappa shape index (κ1) is 11.8. The van der Waals surface area contributed by atoms with E-state index < -0.39 is 24.5 Å². The average Bonchev–Trinajstić information content (AvgIpc) is 2.25. The molecule has 1 aromatic carbocycles. The highest BCUT2D eigenvalue weighted by Crippen LogP contribution is 2.45. The van der Waals surface area contributed by atoms with E-state index in [-0.39, 0.29) is 11.3 Å². The van der Waals surface area contributed by atoms with E-state index in [4.69, 9.17) is 9.47 Å². The number of carbonyl (C=O) groups excluding carboxylic acids is 1. The Bertz CT molecular complexity index is 454. The molecule has 0 fully saturated rings. The summed E-state index contributed by atoms with van der Waals surface area (Å²) in [7, 11) is 1.38. The van der Waals surface area contributed by atoms with E-state index in [9.17, 15) is 18.0 Å². The van der Waals surface area contributed by atoms with Gasteiger partial charge in [0.1, 0.15) is 11.5 Å². The molecule has 0 saturated carbocycles. The van der Waals surface area contributed by atoms with Gasteiger partial charge in [-0.15, -0.1) is 0 Å². The molecule has 2 rings (SSSR count). The van der Waals surface area contributed by atoms with Crippen molar-refractivity contribution in [2.45, 2.75) is 18.5 Å². The predicted molar refractivity (Wildman–Crippen MR) is 52.0 cm³/mol. The van der Waals surface area contributed by atoms with E-state index in [1.807, 2.05) is 0 Å². The molecule has 1 atom stereocenters. The van der Waals surface area contributed by atoms with Gasteiger partial charge in [0.05, 0.1) is 19.4 Å². The van der Waals surface area contributed by atoms with Crippen LogP contribution in [0.25, 0.3) is 0 Å². The molecule has 0 radical (unpaired) electrons. The first-order valence-electron chi connectivity index (χ1n) is 4.87. The van der Waals surface area contributed by atoms with Gasteiger partial charge in [-0.25, -0.2) is 0 Å². The Kier molecular flexibility index (Phi) is 2.73. The number of halogens is 3. The number of fused-ring (bicyclic) bond motifs is 1. The predicted octanol–water partition coefficient (Wildman–Crippen LogP) is 2.65. The molecule has 3 nitrogen and oxygen atoms in total. The lowest BCUT2D eigenvalue weighted by atomic mass is 9.92. The van der Waals surface area contributed by atoms with Crippen LogP contribution in [0.15, 0.2) is 18.2 Å². The van der Waals surface area contributed by atoms with Crippen molar-refractivity contribution in [3.63, 3.8) is 0 Å². The van der Waals surface area contributed by atoms with Crippen molar-refractivity contribution < 1.29 is 27.4 Å². The molecule has 1 aliphatic rings. The van der Waals surface area contributed by atoms with E-state index >= 15 is 0 Å². The highest BCUT2D eigenvalue weighted by atomic mass is 19.4. The maximum atomic E-state index is 12.7. The lowest BCUT2D eigenvalue weighted by molar-refractivity contribution is -0.165. The smallest absolute Gasteiger partial charge is 0.396 e. The third kappa shape index (κ3) is 2.20. The molecule has 0 aliphatic carbocycles. The highest BCUT2D eigenvalue weighted by Gasteiger charge is 2.46. The summed E-state index contributed by atoms with van der Waals surface area (Å²) in [5, 5.41) is 0. The van der Waals surface area contributed by atoms with Gasteiger partial charge in [0.15, 0.2) is 0 Å².